The summed E-state index contributed by atoms with van der Waals surface area (Å²) in [5.41, 5.74) is 3.50. The number of carbonyl (C=O) groups excluding carboxylic acids is 1. The second kappa shape index (κ2) is 9.60. The maximum absolute atomic E-state index is 13.2. The Hall–Kier alpha value is -3.95. The van der Waals surface area contributed by atoms with Gasteiger partial charge in [0, 0.05) is 49.7 Å². The van der Waals surface area contributed by atoms with Gasteiger partial charge < -0.3 is 24.0 Å². The number of carbonyl (C=O) groups is 1. The Morgan fingerprint density at radius 3 is 2.44 bits per heavy atom. The van der Waals surface area contributed by atoms with Crippen LogP contribution in [0.3, 0.4) is 0 Å². The van der Waals surface area contributed by atoms with Crippen molar-refractivity contribution in [3.63, 3.8) is 0 Å². The molecular weight excluding hydrogens is 458 g/mol. The van der Waals surface area contributed by atoms with Crippen molar-refractivity contribution in [1.29, 1.82) is 0 Å². The Morgan fingerprint density at radius 1 is 0.944 bits per heavy atom. The van der Waals surface area contributed by atoms with Crippen molar-refractivity contribution in [2.45, 2.75) is 45.4 Å². The van der Waals surface area contributed by atoms with Gasteiger partial charge in [-0.15, -0.1) is 0 Å². The number of piperidine rings is 2. The lowest BCUT2D eigenvalue weighted by molar-refractivity contribution is 0.102. The van der Waals surface area contributed by atoms with E-state index in [4.69, 9.17) is 18.8 Å². The molecule has 2 fully saturated rings. The normalized spacial score (nSPS) is 16.5. The van der Waals surface area contributed by atoms with Crippen molar-refractivity contribution in [1.82, 2.24) is 19.9 Å². The lowest BCUT2D eigenvalue weighted by Gasteiger charge is -2.29. The van der Waals surface area contributed by atoms with Crippen LogP contribution < -0.4 is 15.1 Å². The third kappa shape index (κ3) is 4.50. The molecule has 4 aromatic rings. The molecule has 0 atom stereocenters. The van der Waals surface area contributed by atoms with E-state index in [1.54, 1.807) is 12.3 Å². The average Bonchev–Trinajstić information content (AvgIpc) is 3.57. The van der Waals surface area contributed by atoms with Gasteiger partial charge in [-0.3, -0.25) is 9.78 Å². The van der Waals surface area contributed by atoms with E-state index in [1.807, 2.05) is 19.1 Å². The van der Waals surface area contributed by atoms with Crippen LogP contribution >= 0.6 is 0 Å². The first-order chi connectivity index (χ1) is 17.6. The molecule has 186 valence electrons. The van der Waals surface area contributed by atoms with Gasteiger partial charge in [0.1, 0.15) is 6.26 Å². The van der Waals surface area contributed by atoms with Crippen LogP contribution in [-0.4, -0.2) is 52.0 Å². The molecule has 6 rings (SSSR count). The highest BCUT2D eigenvalue weighted by Gasteiger charge is 2.24. The SMILES string of the molecule is Cc1cc(-c2nc(C(=O)Nc3cc4oc(N5CCCCC5)nc4nc3N3CCCCC3)co2)ccn1. The van der Waals surface area contributed by atoms with E-state index in [0.29, 0.717) is 34.6 Å². The van der Waals surface area contributed by atoms with Crippen LogP contribution in [0.15, 0.2) is 39.5 Å². The number of rotatable bonds is 5. The predicted molar refractivity (Wildman–Crippen MR) is 136 cm³/mol. The maximum Gasteiger partial charge on any atom is 0.299 e. The predicted octanol–water partition coefficient (Wildman–Crippen LogP) is 4.81. The number of fused-ring (bicyclic) bond motifs is 1. The van der Waals surface area contributed by atoms with E-state index in [9.17, 15) is 4.79 Å². The molecule has 2 aliphatic rings. The topological polar surface area (TPSA) is 113 Å². The Balaban J connectivity index is 1.31. The van der Waals surface area contributed by atoms with E-state index < -0.39 is 0 Å². The lowest BCUT2D eigenvalue weighted by atomic mass is 10.1. The smallest absolute Gasteiger partial charge is 0.299 e. The molecule has 1 N–H and O–H groups in total. The van der Waals surface area contributed by atoms with Crippen molar-refractivity contribution < 1.29 is 13.6 Å². The first-order valence-electron chi connectivity index (χ1n) is 12.7. The minimum absolute atomic E-state index is 0.190. The third-order valence-electron chi connectivity index (χ3n) is 6.76. The average molecular weight is 488 g/mol. The van der Waals surface area contributed by atoms with Crippen molar-refractivity contribution in [3.05, 3.63) is 42.0 Å². The summed E-state index contributed by atoms with van der Waals surface area (Å²) in [6.07, 6.45) is 9.92. The first-order valence-corrected chi connectivity index (χ1v) is 12.7. The molecule has 0 spiro atoms. The zero-order valence-electron chi connectivity index (χ0n) is 20.4. The summed E-state index contributed by atoms with van der Waals surface area (Å²) in [5, 5.41) is 3.00. The molecule has 0 bridgehead atoms. The van der Waals surface area contributed by atoms with Crippen molar-refractivity contribution in [2.75, 3.05) is 41.3 Å². The van der Waals surface area contributed by atoms with Gasteiger partial charge in [0.15, 0.2) is 17.1 Å². The summed E-state index contributed by atoms with van der Waals surface area (Å²) >= 11 is 0. The fourth-order valence-electron chi connectivity index (χ4n) is 4.88. The molecule has 4 aromatic heterocycles. The first kappa shape index (κ1) is 22.5. The van der Waals surface area contributed by atoms with E-state index in [1.165, 1.54) is 19.1 Å². The molecule has 0 radical (unpaired) electrons. The Kier molecular flexibility index (Phi) is 6.00. The molecule has 0 aliphatic carbocycles. The molecule has 1 amide bonds. The van der Waals surface area contributed by atoms with Crippen LogP contribution in [0.4, 0.5) is 17.5 Å². The largest absolute Gasteiger partial charge is 0.444 e. The summed E-state index contributed by atoms with van der Waals surface area (Å²) in [7, 11) is 0. The molecule has 0 unspecified atom stereocenters. The fourth-order valence-corrected chi connectivity index (χ4v) is 4.88. The summed E-state index contributed by atoms with van der Waals surface area (Å²) in [5.74, 6) is 0.713. The summed E-state index contributed by atoms with van der Waals surface area (Å²) in [6.45, 7) is 5.52. The molecule has 10 nitrogen and oxygen atoms in total. The number of hydrogen-bond donors (Lipinski definition) is 1. The highest BCUT2D eigenvalue weighted by atomic mass is 16.4. The number of nitrogens with one attached hydrogen (secondary N) is 1. The highest BCUT2D eigenvalue weighted by Crippen LogP contribution is 2.33. The summed E-state index contributed by atoms with van der Waals surface area (Å²) in [6, 6.07) is 6.09. The van der Waals surface area contributed by atoms with Crippen molar-refractivity contribution >= 4 is 34.7 Å². The second-order valence-corrected chi connectivity index (χ2v) is 9.45. The third-order valence-corrected chi connectivity index (χ3v) is 6.76. The van der Waals surface area contributed by atoms with Crippen LogP contribution in [0.5, 0.6) is 0 Å². The minimum Gasteiger partial charge on any atom is -0.444 e. The minimum atomic E-state index is -0.369. The monoisotopic (exact) mass is 487 g/mol. The standard InChI is InChI=1S/C26H29N7O3/c1-17-14-18(8-9-27-17)25-29-20(16-35-25)24(34)28-19-15-21-22(30-23(19)32-10-4-2-5-11-32)31-26(36-21)33-12-6-3-7-13-33/h8-9,14-16H,2-7,10-13H2,1H3,(H,28,34). The van der Waals surface area contributed by atoms with Crippen LogP contribution in [0, 0.1) is 6.92 Å². The van der Waals surface area contributed by atoms with Gasteiger partial charge in [-0.05, 0) is 57.6 Å². The van der Waals surface area contributed by atoms with Gasteiger partial charge in [0.2, 0.25) is 11.5 Å². The van der Waals surface area contributed by atoms with E-state index in [0.717, 1.165) is 63.1 Å². The van der Waals surface area contributed by atoms with E-state index in [2.05, 4.69) is 25.1 Å². The summed E-state index contributed by atoms with van der Waals surface area (Å²) in [4.78, 5) is 35.7. The molecular formula is C26H29N7O3. The van der Waals surface area contributed by atoms with Crippen molar-refractivity contribution in [2.24, 2.45) is 0 Å². The van der Waals surface area contributed by atoms with Crippen LogP contribution in [0.1, 0.15) is 54.7 Å². The number of aromatic nitrogens is 4. The molecule has 2 saturated heterocycles. The molecule has 36 heavy (non-hydrogen) atoms. The molecule has 0 aromatic carbocycles. The number of hydrogen-bond acceptors (Lipinski definition) is 9. The number of anilines is 3. The second-order valence-electron chi connectivity index (χ2n) is 9.45. The zero-order valence-corrected chi connectivity index (χ0v) is 20.4. The number of nitrogens with zero attached hydrogens (tertiary/aromatic N) is 6. The van der Waals surface area contributed by atoms with Gasteiger partial charge in [0.05, 0.1) is 5.69 Å². The number of pyridine rings is 2. The zero-order chi connectivity index (χ0) is 24.5. The van der Waals surface area contributed by atoms with Crippen LogP contribution in [0.2, 0.25) is 0 Å². The number of amides is 1. The van der Waals surface area contributed by atoms with Gasteiger partial charge in [-0.2, -0.15) is 4.98 Å². The summed E-state index contributed by atoms with van der Waals surface area (Å²) < 4.78 is 11.7. The van der Waals surface area contributed by atoms with E-state index >= 15 is 0 Å². The van der Waals surface area contributed by atoms with Crippen molar-refractivity contribution in [3.8, 4) is 11.5 Å². The Morgan fingerprint density at radius 2 is 1.69 bits per heavy atom. The maximum atomic E-state index is 13.2. The molecule has 6 heterocycles. The highest BCUT2D eigenvalue weighted by molar-refractivity contribution is 6.05. The quantitative estimate of drug-likeness (QED) is 0.423. The Bertz CT molecular complexity index is 1380. The molecule has 0 saturated carbocycles. The lowest BCUT2D eigenvalue weighted by Crippen LogP contribution is -2.31. The molecule has 2 aliphatic heterocycles. The molecule has 10 heteroatoms. The fraction of sp³-hybridized carbons (Fsp3) is 0.423. The van der Waals surface area contributed by atoms with Gasteiger partial charge in [0.25, 0.3) is 11.9 Å². The van der Waals surface area contributed by atoms with Crippen LogP contribution in [-0.2, 0) is 0 Å². The van der Waals surface area contributed by atoms with Gasteiger partial charge >= 0.3 is 0 Å². The Labute approximate surface area is 208 Å². The number of oxazole rings is 2. The van der Waals surface area contributed by atoms with E-state index in [-0.39, 0.29) is 11.6 Å². The number of aryl methyl sites for hydroxylation is 1. The van der Waals surface area contributed by atoms with Gasteiger partial charge in [-0.1, -0.05) is 0 Å². The van der Waals surface area contributed by atoms with Gasteiger partial charge in [-0.25, -0.2) is 9.97 Å². The van der Waals surface area contributed by atoms with Crippen LogP contribution in [0.25, 0.3) is 22.7 Å².